The molecule has 8 heteroatoms. The van der Waals surface area contributed by atoms with Gasteiger partial charge in [-0.3, -0.25) is 9.59 Å². The Bertz CT molecular complexity index is 668. The van der Waals surface area contributed by atoms with Crippen LogP contribution in [0, 0.1) is 11.8 Å². The predicted molar refractivity (Wildman–Crippen MR) is 68.8 cm³/mol. The Morgan fingerprint density at radius 1 is 1.25 bits per heavy atom. The van der Waals surface area contributed by atoms with Crippen molar-refractivity contribution in [1.82, 2.24) is 19.9 Å². The Morgan fingerprint density at radius 3 is 2.85 bits per heavy atom. The van der Waals surface area contributed by atoms with Gasteiger partial charge in [-0.2, -0.15) is 0 Å². The first-order chi connectivity index (χ1) is 9.66. The Morgan fingerprint density at radius 2 is 2.05 bits per heavy atom. The molecular weight excluding hydrogens is 262 g/mol. The van der Waals surface area contributed by atoms with Crippen LogP contribution in [0.2, 0.25) is 0 Å². The maximum Gasteiger partial charge on any atom is 0.307 e. The molecule has 0 unspecified atom stereocenters. The third-order valence-electron chi connectivity index (χ3n) is 3.63. The molecule has 0 saturated heterocycles. The Kier molecular flexibility index (Phi) is 3.05. The molecule has 0 aliphatic heterocycles. The number of nitrogens with one attached hydrogen (secondary N) is 2. The van der Waals surface area contributed by atoms with Crippen LogP contribution < -0.4 is 5.32 Å². The number of imidazole rings is 1. The summed E-state index contributed by atoms with van der Waals surface area (Å²) in [7, 11) is 0. The molecular formula is C12H13N5O3. The van der Waals surface area contributed by atoms with Gasteiger partial charge in [0.15, 0.2) is 11.5 Å². The van der Waals surface area contributed by atoms with Gasteiger partial charge >= 0.3 is 5.97 Å². The topological polar surface area (TPSA) is 121 Å². The van der Waals surface area contributed by atoms with E-state index >= 15 is 0 Å². The summed E-state index contributed by atoms with van der Waals surface area (Å²) in [5, 5.41) is 11.8. The molecule has 1 saturated carbocycles. The summed E-state index contributed by atoms with van der Waals surface area (Å²) in [4.78, 5) is 38.1. The van der Waals surface area contributed by atoms with E-state index in [4.69, 9.17) is 5.11 Å². The largest absolute Gasteiger partial charge is 0.481 e. The highest BCUT2D eigenvalue weighted by Gasteiger charge is 2.38. The number of aliphatic carboxylic acids is 1. The highest BCUT2D eigenvalue weighted by atomic mass is 16.4. The molecule has 2 heterocycles. The number of carboxylic acid groups (broad SMARTS) is 1. The molecule has 1 fully saturated rings. The Hall–Kier alpha value is -2.51. The fourth-order valence-electron chi connectivity index (χ4n) is 2.64. The number of hydrogen-bond donors (Lipinski definition) is 3. The number of hydrogen-bond acceptors (Lipinski definition) is 5. The molecule has 2 aromatic rings. The summed E-state index contributed by atoms with van der Waals surface area (Å²) in [6.07, 6.45) is 4.64. The lowest BCUT2D eigenvalue weighted by Crippen LogP contribution is -2.30. The van der Waals surface area contributed by atoms with Crippen LogP contribution in [-0.2, 0) is 9.59 Å². The summed E-state index contributed by atoms with van der Waals surface area (Å²) in [5.41, 5.74) is 0.988. The number of rotatable bonds is 3. The number of carbonyl (C=O) groups is 2. The second-order valence-electron chi connectivity index (χ2n) is 4.79. The van der Waals surface area contributed by atoms with E-state index < -0.39 is 17.8 Å². The number of nitrogens with zero attached hydrogens (tertiary/aromatic N) is 3. The van der Waals surface area contributed by atoms with Gasteiger partial charge < -0.3 is 15.4 Å². The van der Waals surface area contributed by atoms with E-state index in [1.54, 1.807) is 0 Å². The molecule has 20 heavy (non-hydrogen) atoms. The van der Waals surface area contributed by atoms with Crippen LogP contribution in [-0.4, -0.2) is 36.9 Å². The van der Waals surface area contributed by atoms with E-state index in [0.29, 0.717) is 29.8 Å². The van der Waals surface area contributed by atoms with Crippen LogP contribution in [0.25, 0.3) is 11.2 Å². The second-order valence-corrected chi connectivity index (χ2v) is 4.79. The molecule has 2 atom stereocenters. The second kappa shape index (κ2) is 4.87. The lowest BCUT2D eigenvalue weighted by atomic mass is 9.95. The van der Waals surface area contributed by atoms with Crippen LogP contribution in [0.5, 0.6) is 0 Å². The van der Waals surface area contributed by atoms with Gasteiger partial charge in [0.1, 0.15) is 11.8 Å². The van der Waals surface area contributed by atoms with Gasteiger partial charge in [0.05, 0.1) is 18.2 Å². The normalized spacial score (nSPS) is 22.0. The maximum atomic E-state index is 12.2. The fourth-order valence-corrected chi connectivity index (χ4v) is 2.64. The SMILES string of the molecule is O=C(O)[C@H]1CCC[C@H]1C(=O)Nc1ncnc2nc[nH]c12. The van der Waals surface area contributed by atoms with Crippen molar-refractivity contribution in [3.8, 4) is 0 Å². The van der Waals surface area contributed by atoms with Crippen molar-refractivity contribution in [1.29, 1.82) is 0 Å². The third kappa shape index (κ3) is 2.09. The third-order valence-corrected chi connectivity index (χ3v) is 3.63. The minimum Gasteiger partial charge on any atom is -0.481 e. The molecule has 104 valence electrons. The number of carbonyl (C=O) groups excluding carboxylic acids is 1. The minimum atomic E-state index is -0.919. The van der Waals surface area contributed by atoms with E-state index in [1.165, 1.54) is 12.7 Å². The summed E-state index contributed by atoms with van der Waals surface area (Å²) in [5.74, 6) is -2.04. The smallest absolute Gasteiger partial charge is 0.307 e. The van der Waals surface area contributed by atoms with Gasteiger partial charge in [-0.1, -0.05) is 6.42 Å². The zero-order valence-electron chi connectivity index (χ0n) is 10.5. The Balaban J connectivity index is 1.82. The van der Waals surface area contributed by atoms with Crippen molar-refractivity contribution in [3.63, 3.8) is 0 Å². The number of H-pyrrole nitrogens is 1. The average molecular weight is 275 g/mol. The van der Waals surface area contributed by atoms with E-state index in [2.05, 4.69) is 25.3 Å². The highest BCUT2D eigenvalue weighted by molar-refractivity contribution is 5.99. The molecule has 1 amide bonds. The summed E-state index contributed by atoms with van der Waals surface area (Å²) in [6.45, 7) is 0. The molecule has 2 aromatic heterocycles. The zero-order valence-corrected chi connectivity index (χ0v) is 10.5. The first kappa shape index (κ1) is 12.5. The van der Waals surface area contributed by atoms with Gasteiger partial charge in [-0.25, -0.2) is 15.0 Å². The lowest BCUT2D eigenvalue weighted by molar-refractivity contribution is -0.145. The van der Waals surface area contributed by atoms with E-state index in [0.717, 1.165) is 6.42 Å². The van der Waals surface area contributed by atoms with Gasteiger partial charge in [-0.05, 0) is 12.8 Å². The minimum absolute atomic E-state index is 0.315. The Labute approximate surface area is 113 Å². The number of carboxylic acids is 1. The maximum absolute atomic E-state index is 12.2. The number of anilines is 1. The molecule has 0 bridgehead atoms. The average Bonchev–Trinajstić information content (AvgIpc) is 3.08. The number of aromatic amines is 1. The van der Waals surface area contributed by atoms with Crippen LogP contribution in [0.3, 0.4) is 0 Å². The monoisotopic (exact) mass is 275 g/mol. The molecule has 1 aliphatic carbocycles. The van der Waals surface area contributed by atoms with E-state index in [1.807, 2.05) is 0 Å². The van der Waals surface area contributed by atoms with Gasteiger partial charge in [0.2, 0.25) is 5.91 Å². The lowest BCUT2D eigenvalue weighted by Gasteiger charge is -2.15. The van der Waals surface area contributed by atoms with E-state index in [9.17, 15) is 9.59 Å². The predicted octanol–water partition coefficient (Wildman–Crippen LogP) is 0.792. The van der Waals surface area contributed by atoms with Gasteiger partial charge in [0, 0.05) is 0 Å². The molecule has 0 radical (unpaired) electrons. The zero-order chi connectivity index (χ0) is 14.1. The molecule has 3 rings (SSSR count). The standard InChI is InChI=1S/C12H13N5O3/c18-11(6-2-1-3-7(6)12(19)20)17-10-8-9(14-4-13-8)15-5-16-10/h4-7H,1-3H2,(H,19,20)(H2,13,14,15,16,17,18)/t6-,7+/m1/s1. The van der Waals surface area contributed by atoms with Crippen LogP contribution in [0.15, 0.2) is 12.7 Å². The first-order valence-electron chi connectivity index (χ1n) is 6.34. The van der Waals surface area contributed by atoms with Crippen molar-refractivity contribution >= 4 is 28.9 Å². The number of fused-ring (bicyclic) bond motifs is 1. The molecule has 0 aromatic carbocycles. The van der Waals surface area contributed by atoms with Crippen LogP contribution in [0.4, 0.5) is 5.82 Å². The quantitative estimate of drug-likeness (QED) is 0.761. The summed E-state index contributed by atoms with van der Waals surface area (Å²) < 4.78 is 0. The molecule has 0 spiro atoms. The summed E-state index contributed by atoms with van der Waals surface area (Å²) >= 11 is 0. The summed E-state index contributed by atoms with van der Waals surface area (Å²) in [6, 6.07) is 0. The molecule has 8 nitrogen and oxygen atoms in total. The molecule has 1 aliphatic rings. The van der Waals surface area contributed by atoms with Crippen molar-refractivity contribution < 1.29 is 14.7 Å². The van der Waals surface area contributed by atoms with Crippen molar-refractivity contribution in [2.75, 3.05) is 5.32 Å². The van der Waals surface area contributed by atoms with Crippen molar-refractivity contribution in [3.05, 3.63) is 12.7 Å². The van der Waals surface area contributed by atoms with Crippen LogP contribution in [0.1, 0.15) is 19.3 Å². The van der Waals surface area contributed by atoms with Crippen molar-refractivity contribution in [2.24, 2.45) is 11.8 Å². The number of amides is 1. The highest BCUT2D eigenvalue weighted by Crippen LogP contribution is 2.33. The number of aromatic nitrogens is 4. The molecule has 3 N–H and O–H groups in total. The van der Waals surface area contributed by atoms with Crippen molar-refractivity contribution in [2.45, 2.75) is 19.3 Å². The van der Waals surface area contributed by atoms with Crippen LogP contribution >= 0.6 is 0 Å². The van der Waals surface area contributed by atoms with Gasteiger partial charge in [0.25, 0.3) is 0 Å². The fraction of sp³-hybridized carbons (Fsp3) is 0.417. The first-order valence-corrected chi connectivity index (χ1v) is 6.34. The van der Waals surface area contributed by atoms with Gasteiger partial charge in [-0.15, -0.1) is 0 Å². The van der Waals surface area contributed by atoms with E-state index in [-0.39, 0.29) is 5.91 Å².